The van der Waals surface area contributed by atoms with Gasteiger partial charge in [-0.2, -0.15) is 4.99 Å². The van der Waals surface area contributed by atoms with E-state index in [0.717, 1.165) is 5.69 Å². The zero-order valence-electron chi connectivity index (χ0n) is 9.78. The van der Waals surface area contributed by atoms with E-state index >= 15 is 0 Å². The summed E-state index contributed by atoms with van der Waals surface area (Å²) in [5.41, 5.74) is 1.46. The van der Waals surface area contributed by atoms with Gasteiger partial charge in [-0.05, 0) is 24.3 Å². The summed E-state index contributed by atoms with van der Waals surface area (Å²) in [5, 5.41) is 0. The molecule has 2 rings (SSSR count). The molecule has 0 saturated carbocycles. The summed E-state index contributed by atoms with van der Waals surface area (Å²) in [6, 6.07) is 18.3. The highest BCUT2D eigenvalue weighted by Gasteiger charge is 2.18. The van der Waals surface area contributed by atoms with Crippen LogP contribution in [-0.4, -0.2) is 12.0 Å². The Morgan fingerprint density at radius 2 is 1.50 bits per heavy atom. The average Bonchev–Trinajstić information content (AvgIpc) is 2.46. The van der Waals surface area contributed by atoms with Crippen LogP contribution in [0.25, 0.3) is 0 Å². The predicted octanol–water partition coefficient (Wildman–Crippen LogP) is 3.63. The minimum atomic E-state index is -0.213. The molecule has 0 atom stereocenters. The van der Waals surface area contributed by atoms with Gasteiger partial charge in [0.2, 0.25) is 5.57 Å². The van der Waals surface area contributed by atoms with E-state index in [2.05, 4.69) is 4.99 Å². The van der Waals surface area contributed by atoms with Gasteiger partial charge in [-0.3, -0.25) is 0 Å². The molecule has 0 spiro atoms. The van der Waals surface area contributed by atoms with Crippen molar-refractivity contribution in [1.82, 2.24) is 0 Å². The molecule has 0 amide bonds. The third-order valence-electron chi connectivity index (χ3n) is 2.41. The molecule has 0 aliphatic heterocycles. The highest BCUT2D eigenvalue weighted by atomic mass is 16.1. The molecule has 0 saturated heterocycles. The van der Waals surface area contributed by atoms with E-state index in [4.69, 9.17) is 6.58 Å². The molecule has 18 heavy (non-hydrogen) atoms. The Morgan fingerprint density at radius 1 is 0.944 bits per heavy atom. The molecule has 0 aromatic heterocycles. The Hall–Kier alpha value is -2.57. The summed E-state index contributed by atoms with van der Waals surface area (Å²) in [4.78, 5) is 16.1. The molecule has 0 fully saturated rings. The molecule has 2 aromatic carbocycles. The normalized spacial score (nSPS) is 10.4. The number of carbonyl (C=O) groups excluding carboxylic acids is 1. The molecule has 0 N–H and O–H groups in total. The highest BCUT2D eigenvalue weighted by molar-refractivity contribution is 6.20. The third kappa shape index (κ3) is 2.97. The van der Waals surface area contributed by atoms with Gasteiger partial charge in [0.25, 0.3) is 0 Å². The van der Waals surface area contributed by atoms with E-state index in [9.17, 15) is 4.79 Å². The Bertz CT molecular complexity index is 571. The van der Waals surface area contributed by atoms with Crippen LogP contribution in [0.5, 0.6) is 0 Å². The number of benzene rings is 2. The number of allylic oxidation sites excluding steroid dienone is 1. The summed E-state index contributed by atoms with van der Waals surface area (Å²) in [6.07, 6.45) is 1.39. The van der Waals surface area contributed by atoms with Gasteiger partial charge in [0.1, 0.15) is 0 Å². The van der Waals surface area contributed by atoms with Gasteiger partial charge >= 0.3 is 5.78 Å². The summed E-state index contributed by atoms with van der Waals surface area (Å²) in [5.74, 6) is -0.213. The first-order valence-electron chi connectivity index (χ1n) is 5.58. The van der Waals surface area contributed by atoms with Gasteiger partial charge in [-0.15, -0.1) is 0 Å². The van der Waals surface area contributed by atoms with Crippen molar-refractivity contribution in [3.63, 3.8) is 0 Å². The van der Waals surface area contributed by atoms with Crippen LogP contribution in [0.3, 0.4) is 0 Å². The first kappa shape index (κ1) is 11.9. The van der Waals surface area contributed by atoms with Crippen molar-refractivity contribution in [1.29, 1.82) is 0 Å². The number of hydrogen-bond donors (Lipinski definition) is 0. The summed E-state index contributed by atoms with van der Waals surface area (Å²) in [7, 11) is 0. The van der Waals surface area contributed by atoms with Gasteiger partial charge in [0.15, 0.2) is 6.21 Å². The van der Waals surface area contributed by atoms with Gasteiger partial charge in [-0.25, -0.2) is 4.79 Å². The molecule has 2 nitrogen and oxygen atoms in total. The van der Waals surface area contributed by atoms with Crippen molar-refractivity contribution in [3.05, 3.63) is 78.4 Å². The zero-order chi connectivity index (χ0) is 12.8. The lowest BCUT2D eigenvalue weighted by Gasteiger charge is -1.91. The number of rotatable bonds is 4. The fourth-order valence-electron chi connectivity index (χ4n) is 1.47. The number of para-hydroxylation sites is 1. The topological polar surface area (TPSA) is 29.4 Å². The monoisotopic (exact) mass is 234 g/mol. The van der Waals surface area contributed by atoms with Crippen LogP contribution >= 0.6 is 0 Å². The molecule has 0 aliphatic carbocycles. The van der Waals surface area contributed by atoms with Crippen LogP contribution in [0.4, 0.5) is 5.69 Å². The van der Waals surface area contributed by atoms with E-state index in [-0.39, 0.29) is 11.4 Å². The lowest BCUT2D eigenvalue weighted by molar-refractivity contribution is 0.104. The molecule has 0 aliphatic rings. The summed E-state index contributed by atoms with van der Waals surface area (Å²) >= 11 is 0. The molecular formula is C16H12NO+. The number of hydrogen-bond acceptors (Lipinski definition) is 2. The molecule has 2 aromatic rings. The molecule has 0 bridgehead atoms. The van der Waals surface area contributed by atoms with Gasteiger partial charge < -0.3 is 0 Å². The molecule has 0 unspecified atom stereocenters. The fourth-order valence-corrected chi connectivity index (χ4v) is 1.47. The van der Waals surface area contributed by atoms with Crippen LogP contribution in [0.15, 0.2) is 71.2 Å². The average molecular weight is 234 g/mol. The number of nitrogens with zero attached hydrogens (tertiary/aromatic N) is 1. The van der Waals surface area contributed by atoms with Crippen molar-refractivity contribution in [2.45, 2.75) is 0 Å². The maximum absolute atomic E-state index is 11.9. The minimum absolute atomic E-state index is 0.130. The van der Waals surface area contributed by atoms with Crippen molar-refractivity contribution in [2.24, 2.45) is 4.99 Å². The molecule has 0 radical (unpaired) electrons. The maximum Gasteiger partial charge on any atom is 0.311 e. The van der Waals surface area contributed by atoms with E-state index in [1.54, 1.807) is 24.3 Å². The molecule has 0 heterocycles. The second-order valence-corrected chi connectivity index (χ2v) is 3.74. The number of Topliss-reactive ketones (excluding diaryl/α,β-unsaturated/α-hetero) is 1. The fraction of sp³-hybridized carbons (Fsp3) is 0. The minimum Gasteiger partial charge on any atom is -0.208 e. The largest absolute Gasteiger partial charge is 0.311 e. The molecule has 2 heteroatoms. The van der Waals surface area contributed by atoms with Gasteiger partial charge in [0.05, 0.1) is 11.3 Å². The number of aliphatic imine (C=N–C) groups is 1. The van der Waals surface area contributed by atoms with E-state index in [1.807, 2.05) is 36.4 Å². The van der Waals surface area contributed by atoms with Crippen LogP contribution in [0, 0.1) is 6.58 Å². The zero-order valence-corrected chi connectivity index (χ0v) is 9.78. The van der Waals surface area contributed by atoms with Gasteiger partial charge in [0, 0.05) is 6.58 Å². The van der Waals surface area contributed by atoms with Crippen molar-refractivity contribution < 1.29 is 4.79 Å². The lowest BCUT2D eigenvalue weighted by atomic mass is 10.1. The SMILES string of the molecule is [CH+]=C(C=Nc1ccccc1)C(=O)c1ccccc1. The van der Waals surface area contributed by atoms with E-state index < -0.39 is 0 Å². The Morgan fingerprint density at radius 3 is 2.11 bits per heavy atom. The first-order chi connectivity index (χ1) is 8.77. The standard InChI is InChI=1S/C16H12NO/c1-13(12-17-15-10-6-3-7-11-15)16(18)14-8-4-2-5-9-14/h1-12H/q+1. The second kappa shape index (κ2) is 5.67. The molecule has 86 valence electrons. The Labute approximate surface area is 106 Å². The Kier molecular flexibility index (Phi) is 3.75. The smallest absolute Gasteiger partial charge is 0.208 e. The molecular weight excluding hydrogens is 222 g/mol. The van der Waals surface area contributed by atoms with Crippen molar-refractivity contribution >= 4 is 17.7 Å². The van der Waals surface area contributed by atoms with E-state index in [1.165, 1.54) is 6.21 Å². The first-order valence-corrected chi connectivity index (χ1v) is 5.58. The summed E-state index contributed by atoms with van der Waals surface area (Å²) in [6.45, 7) is 5.71. The predicted molar refractivity (Wildman–Crippen MR) is 73.2 cm³/mol. The maximum atomic E-state index is 11.9. The quantitative estimate of drug-likeness (QED) is 0.344. The number of carbonyl (C=O) groups is 1. The van der Waals surface area contributed by atoms with Crippen LogP contribution in [0.1, 0.15) is 10.4 Å². The summed E-state index contributed by atoms with van der Waals surface area (Å²) < 4.78 is 0. The van der Waals surface area contributed by atoms with Crippen LogP contribution in [-0.2, 0) is 0 Å². The van der Waals surface area contributed by atoms with Crippen LogP contribution in [0.2, 0.25) is 0 Å². The van der Waals surface area contributed by atoms with Crippen molar-refractivity contribution in [3.8, 4) is 0 Å². The number of ketones is 1. The third-order valence-corrected chi connectivity index (χ3v) is 2.41. The van der Waals surface area contributed by atoms with Crippen LogP contribution < -0.4 is 0 Å². The highest BCUT2D eigenvalue weighted by Crippen LogP contribution is 2.11. The van der Waals surface area contributed by atoms with Gasteiger partial charge in [-0.1, -0.05) is 36.4 Å². The second-order valence-electron chi connectivity index (χ2n) is 3.74. The van der Waals surface area contributed by atoms with Crippen molar-refractivity contribution in [2.75, 3.05) is 0 Å². The Balaban J connectivity index is 2.09. The van der Waals surface area contributed by atoms with E-state index in [0.29, 0.717) is 5.56 Å². The lowest BCUT2D eigenvalue weighted by Crippen LogP contribution is -2.02.